The SMILES string of the molecule is CC[C@@H](C)Oc1ccc(CNc2cccc(OC[C@H]3CCCO3)c2)cc1. The van der Waals surface area contributed by atoms with E-state index in [-0.39, 0.29) is 12.2 Å². The van der Waals surface area contributed by atoms with Crippen molar-refractivity contribution >= 4 is 5.69 Å². The van der Waals surface area contributed by atoms with Crippen LogP contribution in [-0.4, -0.2) is 25.4 Å². The van der Waals surface area contributed by atoms with Crippen molar-refractivity contribution in [3.63, 3.8) is 0 Å². The molecule has 2 aromatic carbocycles. The lowest BCUT2D eigenvalue weighted by Crippen LogP contribution is -2.16. The molecule has 0 aromatic heterocycles. The first-order chi connectivity index (χ1) is 12.7. The minimum atomic E-state index is 0.239. The molecule has 1 fully saturated rings. The van der Waals surface area contributed by atoms with Gasteiger partial charge in [-0.3, -0.25) is 0 Å². The van der Waals surface area contributed by atoms with Crippen LogP contribution < -0.4 is 14.8 Å². The Hall–Kier alpha value is -2.20. The summed E-state index contributed by atoms with van der Waals surface area (Å²) in [6.07, 6.45) is 3.72. The van der Waals surface area contributed by atoms with Crippen molar-refractivity contribution < 1.29 is 14.2 Å². The van der Waals surface area contributed by atoms with Crippen molar-refractivity contribution in [2.75, 3.05) is 18.5 Å². The lowest BCUT2D eigenvalue weighted by atomic mass is 10.2. The topological polar surface area (TPSA) is 39.7 Å². The van der Waals surface area contributed by atoms with Gasteiger partial charge in [0.1, 0.15) is 18.1 Å². The van der Waals surface area contributed by atoms with Gasteiger partial charge in [-0.1, -0.05) is 25.1 Å². The summed E-state index contributed by atoms with van der Waals surface area (Å²) >= 11 is 0. The third-order valence-electron chi connectivity index (χ3n) is 4.63. The number of anilines is 1. The van der Waals surface area contributed by atoms with Crippen LogP contribution in [0.25, 0.3) is 0 Å². The van der Waals surface area contributed by atoms with E-state index in [0.29, 0.717) is 6.61 Å². The minimum absolute atomic E-state index is 0.239. The maximum atomic E-state index is 5.86. The fourth-order valence-electron chi connectivity index (χ4n) is 2.87. The zero-order valence-corrected chi connectivity index (χ0v) is 15.7. The zero-order valence-electron chi connectivity index (χ0n) is 15.7. The Labute approximate surface area is 156 Å². The Morgan fingerprint density at radius 1 is 1.15 bits per heavy atom. The van der Waals surface area contributed by atoms with Gasteiger partial charge in [0.15, 0.2) is 0 Å². The van der Waals surface area contributed by atoms with Crippen LogP contribution in [0, 0.1) is 0 Å². The first kappa shape index (κ1) is 18.6. The predicted molar refractivity (Wildman–Crippen MR) is 105 cm³/mol. The average molecular weight is 355 g/mol. The zero-order chi connectivity index (χ0) is 18.2. The molecule has 2 atom stereocenters. The summed E-state index contributed by atoms with van der Waals surface area (Å²) in [6, 6.07) is 16.4. The number of hydrogen-bond donors (Lipinski definition) is 1. The average Bonchev–Trinajstić information content (AvgIpc) is 3.20. The van der Waals surface area contributed by atoms with E-state index in [0.717, 1.165) is 49.6 Å². The van der Waals surface area contributed by atoms with Crippen molar-refractivity contribution in [1.82, 2.24) is 0 Å². The Morgan fingerprint density at radius 3 is 2.73 bits per heavy atom. The molecule has 1 aliphatic heterocycles. The summed E-state index contributed by atoms with van der Waals surface area (Å²) in [7, 11) is 0. The van der Waals surface area contributed by atoms with Crippen LogP contribution in [0.1, 0.15) is 38.7 Å². The normalized spacial score (nSPS) is 17.7. The van der Waals surface area contributed by atoms with Crippen molar-refractivity contribution in [2.24, 2.45) is 0 Å². The standard InChI is InChI=1S/C22H29NO3/c1-3-17(2)26-20-11-9-18(10-12-20)15-23-19-6-4-7-21(14-19)25-16-22-8-5-13-24-22/h4,6-7,9-12,14,17,22-23H,3,5,8,13,15-16H2,1-2H3/t17-,22-/m1/s1. The van der Waals surface area contributed by atoms with Gasteiger partial charge in [-0.25, -0.2) is 0 Å². The van der Waals surface area contributed by atoms with Crippen molar-refractivity contribution in [2.45, 2.75) is 51.9 Å². The molecule has 26 heavy (non-hydrogen) atoms. The van der Waals surface area contributed by atoms with Gasteiger partial charge in [0.05, 0.1) is 12.2 Å². The maximum absolute atomic E-state index is 5.86. The molecule has 0 saturated carbocycles. The van der Waals surface area contributed by atoms with Crippen LogP contribution in [0.4, 0.5) is 5.69 Å². The van der Waals surface area contributed by atoms with E-state index in [2.05, 4.69) is 37.4 Å². The molecule has 1 aliphatic rings. The number of nitrogens with one attached hydrogen (secondary N) is 1. The van der Waals surface area contributed by atoms with E-state index < -0.39 is 0 Å². The lowest BCUT2D eigenvalue weighted by molar-refractivity contribution is 0.0680. The van der Waals surface area contributed by atoms with E-state index in [9.17, 15) is 0 Å². The Bertz CT molecular complexity index is 665. The third kappa shape index (κ3) is 5.67. The molecule has 1 N–H and O–H groups in total. The Kier molecular flexibility index (Phi) is 6.78. The summed E-state index contributed by atoms with van der Waals surface area (Å²) in [5.74, 6) is 1.80. The molecule has 0 aliphatic carbocycles. The van der Waals surface area contributed by atoms with Gasteiger partial charge in [0.2, 0.25) is 0 Å². The van der Waals surface area contributed by atoms with Gasteiger partial charge in [0, 0.05) is 24.9 Å². The first-order valence-corrected chi connectivity index (χ1v) is 9.57. The van der Waals surface area contributed by atoms with Crippen LogP contribution in [0.15, 0.2) is 48.5 Å². The highest BCUT2D eigenvalue weighted by atomic mass is 16.5. The van der Waals surface area contributed by atoms with E-state index in [4.69, 9.17) is 14.2 Å². The van der Waals surface area contributed by atoms with Gasteiger partial charge in [-0.2, -0.15) is 0 Å². The third-order valence-corrected chi connectivity index (χ3v) is 4.63. The van der Waals surface area contributed by atoms with Crippen LogP contribution in [0.3, 0.4) is 0 Å². The quantitative estimate of drug-likeness (QED) is 0.684. The molecule has 2 aromatic rings. The highest BCUT2D eigenvalue weighted by molar-refractivity contribution is 5.48. The molecule has 4 nitrogen and oxygen atoms in total. The van der Waals surface area contributed by atoms with Gasteiger partial charge >= 0.3 is 0 Å². The van der Waals surface area contributed by atoms with Gasteiger partial charge in [0.25, 0.3) is 0 Å². The molecule has 0 spiro atoms. The van der Waals surface area contributed by atoms with E-state index in [1.54, 1.807) is 0 Å². The highest BCUT2D eigenvalue weighted by Gasteiger charge is 2.15. The van der Waals surface area contributed by atoms with Gasteiger partial charge in [-0.15, -0.1) is 0 Å². The van der Waals surface area contributed by atoms with E-state index >= 15 is 0 Å². The molecule has 0 radical (unpaired) electrons. The molecule has 4 heteroatoms. The first-order valence-electron chi connectivity index (χ1n) is 9.57. The molecule has 0 unspecified atom stereocenters. The Morgan fingerprint density at radius 2 is 2.00 bits per heavy atom. The van der Waals surface area contributed by atoms with Crippen LogP contribution in [0.2, 0.25) is 0 Å². The fourth-order valence-corrected chi connectivity index (χ4v) is 2.87. The van der Waals surface area contributed by atoms with Crippen LogP contribution in [-0.2, 0) is 11.3 Å². The van der Waals surface area contributed by atoms with E-state index in [1.165, 1.54) is 5.56 Å². The molecule has 0 amide bonds. The summed E-state index contributed by atoms with van der Waals surface area (Å²) < 4.78 is 17.3. The summed E-state index contributed by atoms with van der Waals surface area (Å²) in [4.78, 5) is 0. The van der Waals surface area contributed by atoms with Crippen LogP contribution >= 0.6 is 0 Å². The fraction of sp³-hybridized carbons (Fsp3) is 0.455. The molecule has 0 bridgehead atoms. The van der Waals surface area contributed by atoms with Gasteiger partial charge in [-0.05, 0) is 56.0 Å². The predicted octanol–water partition coefficient (Wildman–Crippen LogP) is 5.03. The summed E-state index contributed by atoms with van der Waals surface area (Å²) in [6.45, 7) is 6.46. The van der Waals surface area contributed by atoms with Crippen molar-refractivity contribution in [3.8, 4) is 11.5 Å². The van der Waals surface area contributed by atoms with E-state index in [1.807, 2.05) is 30.3 Å². The number of rotatable bonds is 9. The van der Waals surface area contributed by atoms with Crippen molar-refractivity contribution in [1.29, 1.82) is 0 Å². The number of benzene rings is 2. The van der Waals surface area contributed by atoms with Crippen LogP contribution in [0.5, 0.6) is 11.5 Å². The molecular formula is C22H29NO3. The largest absolute Gasteiger partial charge is 0.491 e. The second-order valence-corrected chi connectivity index (χ2v) is 6.81. The summed E-state index contributed by atoms with van der Waals surface area (Å²) in [5.41, 5.74) is 2.27. The van der Waals surface area contributed by atoms with Crippen molar-refractivity contribution in [3.05, 3.63) is 54.1 Å². The summed E-state index contributed by atoms with van der Waals surface area (Å²) in [5, 5.41) is 3.45. The second-order valence-electron chi connectivity index (χ2n) is 6.81. The second kappa shape index (κ2) is 9.48. The van der Waals surface area contributed by atoms with Gasteiger partial charge < -0.3 is 19.5 Å². The molecule has 1 saturated heterocycles. The minimum Gasteiger partial charge on any atom is -0.491 e. The molecular weight excluding hydrogens is 326 g/mol. The monoisotopic (exact) mass is 355 g/mol. The lowest BCUT2D eigenvalue weighted by Gasteiger charge is -2.14. The molecule has 3 rings (SSSR count). The highest BCUT2D eigenvalue weighted by Crippen LogP contribution is 2.21. The molecule has 140 valence electrons. The Balaban J connectivity index is 1.48. The smallest absolute Gasteiger partial charge is 0.121 e. The number of ether oxygens (including phenoxy) is 3. The maximum Gasteiger partial charge on any atom is 0.121 e. The number of hydrogen-bond acceptors (Lipinski definition) is 4. The molecule has 1 heterocycles.